The number of anilines is 1. The van der Waals surface area contributed by atoms with Crippen molar-refractivity contribution in [2.75, 3.05) is 25.0 Å². The summed E-state index contributed by atoms with van der Waals surface area (Å²) >= 11 is 0. The van der Waals surface area contributed by atoms with Crippen LogP contribution in [-0.2, 0) is 4.79 Å². The van der Waals surface area contributed by atoms with Gasteiger partial charge in [0.05, 0.1) is 6.54 Å². The highest BCUT2D eigenvalue weighted by molar-refractivity contribution is 5.92. The molecule has 3 N–H and O–H groups in total. The summed E-state index contributed by atoms with van der Waals surface area (Å²) in [6, 6.07) is 5.79. The van der Waals surface area contributed by atoms with Gasteiger partial charge in [-0.25, -0.2) is 4.39 Å². The molecule has 0 aliphatic carbocycles. The van der Waals surface area contributed by atoms with Gasteiger partial charge in [-0.1, -0.05) is 19.4 Å². The largest absolute Gasteiger partial charge is 0.396 e. The van der Waals surface area contributed by atoms with Crippen LogP contribution in [0.3, 0.4) is 0 Å². The quantitative estimate of drug-likeness (QED) is 0.673. The molecule has 0 aliphatic rings. The van der Waals surface area contributed by atoms with E-state index < -0.39 is 0 Å². The normalized spacial score (nSPS) is 12.2. The number of carbonyl (C=O) groups excluding carboxylic acids is 1. The lowest BCUT2D eigenvalue weighted by atomic mass is 10.0. The minimum absolute atomic E-state index is 0.162. The van der Waals surface area contributed by atoms with E-state index in [2.05, 4.69) is 17.6 Å². The Kier molecular flexibility index (Phi) is 7.07. The number of benzene rings is 1. The van der Waals surface area contributed by atoms with E-state index in [1.54, 1.807) is 12.1 Å². The molecule has 0 aliphatic heterocycles. The van der Waals surface area contributed by atoms with Crippen LogP contribution in [0.15, 0.2) is 24.3 Å². The van der Waals surface area contributed by atoms with Gasteiger partial charge in [0.1, 0.15) is 5.82 Å². The van der Waals surface area contributed by atoms with Gasteiger partial charge in [0.25, 0.3) is 0 Å². The monoisotopic (exact) mass is 268 g/mol. The fourth-order valence-corrected chi connectivity index (χ4v) is 1.79. The number of aliphatic hydroxyl groups is 1. The highest BCUT2D eigenvalue weighted by Crippen LogP contribution is 2.08. The summed E-state index contributed by atoms with van der Waals surface area (Å²) < 4.78 is 12.9. The lowest BCUT2D eigenvalue weighted by molar-refractivity contribution is -0.115. The molecular weight excluding hydrogens is 247 g/mol. The summed E-state index contributed by atoms with van der Waals surface area (Å²) in [5.41, 5.74) is 0.453. The van der Waals surface area contributed by atoms with Crippen LogP contribution in [0.1, 0.15) is 19.8 Å². The number of hydrogen-bond acceptors (Lipinski definition) is 3. The number of carbonyl (C=O) groups is 1. The van der Waals surface area contributed by atoms with Gasteiger partial charge in [-0.05, 0) is 37.1 Å². The Morgan fingerprint density at radius 3 is 2.89 bits per heavy atom. The maximum atomic E-state index is 12.9. The molecule has 1 aromatic rings. The lowest BCUT2D eigenvalue weighted by Crippen LogP contribution is -2.32. The molecule has 0 bridgehead atoms. The standard InChI is InChI=1S/C14H21FN2O2/c1-2-11(6-7-18)9-16-10-14(19)17-13-5-3-4-12(15)8-13/h3-5,8,11,16,18H,2,6-7,9-10H2,1H3,(H,17,19). The second-order valence-electron chi connectivity index (χ2n) is 4.48. The first-order valence-corrected chi connectivity index (χ1v) is 6.52. The zero-order chi connectivity index (χ0) is 14.1. The van der Waals surface area contributed by atoms with Gasteiger partial charge >= 0.3 is 0 Å². The highest BCUT2D eigenvalue weighted by atomic mass is 19.1. The molecule has 1 amide bonds. The zero-order valence-electron chi connectivity index (χ0n) is 11.2. The Hall–Kier alpha value is -1.46. The lowest BCUT2D eigenvalue weighted by Gasteiger charge is -2.14. The minimum Gasteiger partial charge on any atom is -0.396 e. The van der Waals surface area contributed by atoms with Crippen molar-refractivity contribution in [2.24, 2.45) is 5.92 Å². The Bertz CT molecular complexity index is 399. The van der Waals surface area contributed by atoms with E-state index in [1.165, 1.54) is 12.1 Å². The van der Waals surface area contributed by atoms with Gasteiger partial charge in [0.2, 0.25) is 5.91 Å². The van der Waals surface area contributed by atoms with Gasteiger partial charge in [-0.3, -0.25) is 4.79 Å². The first-order chi connectivity index (χ1) is 9.15. The second kappa shape index (κ2) is 8.61. The maximum Gasteiger partial charge on any atom is 0.238 e. The summed E-state index contributed by atoms with van der Waals surface area (Å²) in [5.74, 6) is -0.212. The summed E-state index contributed by atoms with van der Waals surface area (Å²) in [4.78, 5) is 11.6. The predicted octanol–water partition coefficient (Wildman–Crippen LogP) is 1.76. The molecule has 0 spiro atoms. The molecular formula is C14H21FN2O2. The summed E-state index contributed by atoms with van der Waals surface area (Å²) in [6.45, 7) is 3.08. The Labute approximate surface area is 113 Å². The van der Waals surface area contributed by atoms with Crippen molar-refractivity contribution < 1.29 is 14.3 Å². The molecule has 0 radical (unpaired) electrons. The van der Waals surface area contributed by atoms with Crippen LogP contribution >= 0.6 is 0 Å². The van der Waals surface area contributed by atoms with E-state index in [1.807, 2.05) is 0 Å². The number of halogens is 1. The van der Waals surface area contributed by atoms with Gasteiger partial charge < -0.3 is 15.7 Å². The molecule has 1 rings (SSSR count). The molecule has 0 aromatic heterocycles. The second-order valence-corrected chi connectivity index (χ2v) is 4.48. The van der Waals surface area contributed by atoms with Crippen molar-refractivity contribution in [3.63, 3.8) is 0 Å². The van der Waals surface area contributed by atoms with Crippen LogP contribution in [0.25, 0.3) is 0 Å². The van der Waals surface area contributed by atoms with Gasteiger partial charge in [0, 0.05) is 12.3 Å². The molecule has 106 valence electrons. The van der Waals surface area contributed by atoms with Crippen molar-refractivity contribution in [1.82, 2.24) is 5.32 Å². The number of rotatable bonds is 8. The topological polar surface area (TPSA) is 61.4 Å². The third kappa shape index (κ3) is 6.31. The van der Waals surface area contributed by atoms with Crippen molar-refractivity contribution in [3.05, 3.63) is 30.1 Å². The number of nitrogens with one attached hydrogen (secondary N) is 2. The molecule has 5 heteroatoms. The van der Waals surface area contributed by atoms with Crippen molar-refractivity contribution in [1.29, 1.82) is 0 Å². The molecule has 0 saturated heterocycles. The van der Waals surface area contributed by atoms with E-state index in [0.29, 0.717) is 18.2 Å². The molecule has 4 nitrogen and oxygen atoms in total. The number of aliphatic hydroxyl groups excluding tert-OH is 1. The van der Waals surface area contributed by atoms with E-state index in [9.17, 15) is 9.18 Å². The van der Waals surface area contributed by atoms with Crippen LogP contribution in [0.4, 0.5) is 10.1 Å². The van der Waals surface area contributed by atoms with Crippen molar-refractivity contribution >= 4 is 11.6 Å². The average molecular weight is 268 g/mol. The average Bonchev–Trinajstić information content (AvgIpc) is 2.37. The highest BCUT2D eigenvalue weighted by Gasteiger charge is 2.07. The first-order valence-electron chi connectivity index (χ1n) is 6.52. The molecule has 1 aromatic carbocycles. The third-order valence-electron chi connectivity index (χ3n) is 2.94. The SMILES string of the molecule is CCC(CCO)CNCC(=O)Nc1cccc(F)c1. The Morgan fingerprint density at radius 2 is 2.26 bits per heavy atom. The Balaban J connectivity index is 2.28. The van der Waals surface area contributed by atoms with Crippen molar-refractivity contribution in [2.45, 2.75) is 19.8 Å². The molecule has 0 saturated carbocycles. The van der Waals surface area contributed by atoms with Gasteiger partial charge in [-0.2, -0.15) is 0 Å². The summed E-state index contributed by atoms with van der Waals surface area (Å²) in [6.07, 6.45) is 1.69. The van der Waals surface area contributed by atoms with E-state index in [0.717, 1.165) is 12.8 Å². The van der Waals surface area contributed by atoms with E-state index >= 15 is 0 Å². The van der Waals surface area contributed by atoms with Crippen LogP contribution < -0.4 is 10.6 Å². The molecule has 0 heterocycles. The van der Waals surface area contributed by atoms with Crippen LogP contribution in [0.5, 0.6) is 0 Å². The summed E-state index contributed by atoms with van der Waals surface area (Å²) in [5, 5.41) is 14.5. The number of hydrogen-bond donors (Lipinski definition) is 3. The Morgan fingerprint density at radius 1 is 1.47 bits per heavy atom. The summed E-state index contributed by atoms with van der Waals surface area (Å²) in [7, 11) is 0. The van der Waals surface area contributed by atoms with Crippen molar-refractivity contribution in [3.8, 4) is 0 Å². The van der Waals surface area contributed by atoms with Crippen LogP contribution in [0.2, 0.25) is 0 Å². The van der Waals surface area contributed by atoms with Crippen LogP contribution in [0, 0.1) is 11.7 Å². The predicted molar refractivity (Wildman–Crippen MR) is 73.4 cm³/mol. The van der Waals surface area contributed by atoms with E-state index in [-0.39, 0.29) is 24.9 Å². The fourth-order valence-electron chi connectivity index (χ4n) is 1.79. The maximum absolute atomic E-state index is 12.9. The molecule has 19 heavy (non-hydrogen) atoms. The molecule has 1 unspecified atom stereocenters. The zero-order valence-corrected chi connectivity index (χ0v) is 11.2. The van der Waals surface area contributed by atoms with Gasteiger partial charge in [-0.15, -0.1) is 0 Å². The molecule has 0 fully saturated rings. The smallest absolute Gasteiger partial charge is 0.238 e. The van der Waals surface area contributed by atoms with Crippen LogP contribution in [-0.4, -0.2) is 30.7 Å². The minimum atomic E-state index is -0.375. The third-order valence-corrected chi connectivity index (χ3v) is 2.94. The number of amides is 1. The van der Waals surface area contributed by atoms with E-state index in [4.69, 9.17) is 5.11 Å². The van der Waals surface area contributed by atoms with Gasteiger partial charge in [0.15, 0.2) is 0 Å². The fraction of sp³-hybridized carbons (Fsp3) is 0.500. The first kappa shape index (κ1) is 15.6. The molecule has 1 atom stereocenters.